The highest BCUT2D eigenvalue weighted by atomic mass is 35.5. The number of hydrogen-bond acceptors (Lipinski definition) is 2. The minimum absolute atomic E-state index is 0.00147. The van der Waals surface area contributed by atoms with Crippen LogP contribution in [0.15, 0.2) is 17.0 Å². The molecule has 0 aliphatic carbocycles. The summed E-state index contributed by atoms with van der Waals surface area (Å²) in [7, 11) is -3.54. The lowest BCUT2D eigenvalue weighted by molar-refractivity contribution is 0.202. The van der Waals surface area contributed by atoms with Crippen LogP contribution in [-0.4, -0.2) is 25.3 Å². The Morgan fingerprint density at radius 3 is 2.62 bits per heavy atom. The Morgan fingerprint density at radius 1 is 1.33 bits per heavy atom. The lowest BCUT2D eigenvalue weighted by atomic mass is 9.94. The minimum Gasteiger partial charge on any atom is -0.207 e. The molecule has 3 nitrogen and oxygen atoms in total. The Kier molecular flexibility index (Phi) is 5.24. The van der Waals surface area contributed by atoms with Crippen LogP contribution in [0.5, 0.6) is 0 Å². The van der Waals surface area contributed by atoms with Crippen molar-refractivity contribution in [1.82, 2.24) is 4.31 Å². The maximum Gasteiger partial charge on any atom is 0.243 e. The third kappa shape index (κ3) is 3.24. The normalized spacial score (nSPS) is 24.2. The van der Waals surface area contributed by atoms with Crippen molar-refractivity contribution in [2.75, 3.05) is 6.54 Å². The van der Waals surface area contributed by atoms with Gasteiger partial charge in [0.15, 0.2) is 0 Å². The zero-order chi connectivity index (χ0) is 15.8. The van der Waals surface area contributed by atoms with Gasteiger partial charge in [0.25, 0.3) is 0 Å². The molecule has 0 radical (unpaired) electrons. The highest BCUT2D eigenvalue weighted by Crippen LogP contribution is 2.32. The Morgan fingerprint density at radius 2 is 2.00 bits per heavy atom. The fourth-order valence-electron chi connectivity index (χ4n) is 2.88. The molecule has 1 fully saturated rings. The summed E-state index contributed by atoms with van der Waals surface area (Å²) in [5.41, 5.74) is 1.46. The zero-order valence-electron chi connectivity index (χ0n) is 12.6. The van der Waals surface area contributed by atoms with Crippen molar-refractivity contribution in [3.8, 4) is 0 Å². The van der Waals surface area contributed by atoms with Gasteiger partial charge in [0.2, 0.25) is 10.0 Å². The summed E-state index contributed by atoms with van der Waals surface area (Å²) in [6.07, 6.45) is 1.96. The molecule has 1 aromatic rings. The van der Waals surface area contributed by atoms with Crippen LogP contribution in [0.2, 0.25) is 5.02 Å². The molecule has 1 heterocycles. The van der Waals surface area contributed by atoms with E-state index in [1.165, 1.54) is 6.07 Å². The van der Waals surface area contributed by atoms with E-state index in [4.69, 9.17) is 23.2 Å². The number of benzene rings is 1. The Bertz CT molecular complexity index is 631. The fourth-order valence-corrected chi connectivity index (χ4v) is 5.52. The quantitative estimate of drug-likeness (QED) is 0.767. The summed E-state index contributed by atoms with van der Waals surface area (Å²) in [6, 6.07) is 3.26. The standard InChI is InChI=1S/C15H21Cl2NO2S/c1-10-5-4-6-18(12(10)3)21(19,20)15-8-14(17)7-13(9-16)11(15)2/h7-8,10,12H,4-6,9H2,1-3H3. The predicted molar refractivity (Wildman–Crippen MR) is 87.5 cm³/mol. The van der Waals surface area contributed by atoms with E-state index in [9.17, 15) is 8.42 Å². The predicted octanol–water partition coefficient (Wildman–Crippen LogP) is 4.20. The van der Waals surface area contributed by atoms with E-state index in [-0.39, 0.29) is 16.8 Å². The summed E-state index contributed by atoms with van der Waals surface area (Å²) in [5, 5.41) is 0.410. The van der Waals surface area contributed by atoms with Crippen LogP contribution < -0.4 is 0 Å². The minimum atomic E-state index is -3.54. The molecule has 2 unspecified atom stereocenters. The average Bonchev–Trinajstić information content (AvgIpc) is 2.43. The number of sulfonamides is 1. The monoisotopic (exact) mass is 349 g/mol. The Labute approximate surface area is 137 Å². The molecule has 6 heteroatoms. The maximum absolute atomic E-state index is 13.0. The van der Waals surface area contributed by atoms with Crippen molar-refractivity contribution in [2.45, 2.75) is 50.4 Å². The molecule has 0 bridgehead atoms. The number of rotatable bonds is 3. The number of piperidine rings is 1. The van der Waals surface area contributed by atoms with Gasteiger partial charge in [-0.1, -0.05) is 18.5 Å². The van der Waals surface area contributed by atoms with Crippen LogP contribution in [0.3, 0.4) is 0 Å². The number of hydrogen-bond donors (Lipinski definition) is 0. The molecular formula is C15H21Cl2NO2S. The lowest BCUT2D eigenvalue weighted by Gasteiger charge is -2.37. The second-order valence-corrected chi connectivity index (χ2v) is 8.36. The van der Waals surface area contributed by atoms with Gasteiger partial charge in [0.05, 0.1) is 4.90 Å². The summed E-state index contributed by atoms with van der Waals surface area (Å²) in [4.78, 5) is 0.284. The average molecular weight is 350 g/mol. The SMILES string of the molecule is Cc1c(CCl)cc(Cl)cc1S(=O)(=O)N1CCCC(C)C1C. The van der Waals surface area contributed by atoms with Crippen molar-refractivity contribution in [2.24, 2.45) is 5.92 Å². The molecule has 1 aliphatic rings. The van der Waals surface area contributed by atoms with E-state index in [1.54, 1.807) is 17.3 Å². The summed E-state index contributed by atoms with van der Waals surface area (Å²) >= 11 is 12.0. The Balaban J connectivity index is 2.51. The van der Waals surface area contributed by atoms with E-state index in [0.717, 1.165) is 18.4 Å². The van der Waals surface area contributed by atoms with Gasteiger partial charge in [-0.15, -0.1) is 11.6 Å². The van der Waals surface area contributed by atoms with Crippen molar-refractivity contribution in [3.05, 3.63) is 28.3 Å². The van der Waals surface area contributed by atoms with Crippen LogP contribution in [0.1, 0.15) is 37.8 Å². The van der Waals surface area contributed by atoms with Crippen LogP contribution in [0.4, 0.5) is 0 Å². The highest BCUT2D eigenvalue weighted by molar-refractivity contribution is 7.89. The van der Waals surface area contributed by atoms with Crippen molar-refractivity contribution in [3.63, 3.8) is 0 Å². The molecule has 0 amide bonds. The lowest BCUT2D eigenvalue weighted by Crippen LogP contribution is -2.46. The first-order chi connectivity index (χ1) is 9.78. The van der Waals surface area contributed by atoms with Gasteiger partial charge < -0.3 is 0 Å². The molecule has 0 aromatic heterocycles. The van der Waals surface area contributed by atoms with E-state index >= 15 is 0 Å². The van der Waals surface area contributed by atoms with Crippen LogP contribution in [0.25, 0.3) is 0 Å². The molecule has 1 saturated heterocycles. The number of halogens is 2. The van der Waals surface area contributed by atoms with Crippen molar-refractivity contribution >= 4 is 33.2 Å². The van der Waals surface area contributed by atoms with E-state index in [1.807, 2.05) is 6.92 Å². The van der Waals surface area contributed by atoms with E-state index in [0.29, 0.717) is 23.0 Å². The van der Waals surface area contributed by atoms with Crippen molar-refractivity contribution in [1.29, 1.82) is 0 Å². The first kappa shape index (κ1) is 17.1. The van der Waals surface area contributed by atoms with Gasteiger partial charge in [0, 0.05) is 23.5 Å². The van der Waals surface area contributed by atoms with Crippen LogP contribution in [-0.2, 0) is 15.9 Å². The molecule has 1 aliphatic heterocycles. The van der Waals surface area contributed by atoms with Crippen molar-refractivity contribution < 1.29 is 8.42 Å². The molecule has 0 saturated carbocycles. The topological polar surface area (TPSA) is 37.4 Å². The van der Waals surface area contributed by atoms with Gasteiger partial charge >= 0.3 is 0 Å². The van der Waals surface area contributed by atoms with Gasteiger partial charge in [0.1, 0.15) is 0 Å². The first-order valence-corrected chi connectivity index (χ1v) is 9.51. The summed E-state index contributed by atoms with van der Waals surface area (Å²) in [6.45, 7) is 6.43. The van der Waals surface area contributed by atoms with E-state index in [2.05, 4.69) is 6.92 Å². The molecular weight excluding hydrogens is 329 g/mol. The Hall–Kier alpha value is -0.290. The number of alkyl halides is 1. The van der Waals surface area contributed by atoms with Gasteiger partial charge in [-0.05, 0) is 55.9 Å². The van der Waals surface area contributed by atoms with Gasteiger partial charge in [-0.3, -0.25) is 0 Å². The molecule has 0 N–H and O–H groups in total. The van der Waals surface area contributed by atoms with Gasteiger partial charge in [-0.2, -0.15) is 4.31 Å². The summed E-state index contributed by atoms with van der Waals surface area (Å²) < 4.78 is 27.6. The van der Waals surface area contributed by atoms with Gasteiger partial charge in [-0.25, -0.2) is 8.42 Å². The van der Waals surface area contributed by atoms with E-state index < -0.39 is 10.0 Å². The largest absolute Gasteiger partial charge is 0.243 e. The molecule has 2 atom stereocenters. The highest BCUT2D eigenvalue weighted by Gasteiger charge is 2.35. The smallest absolute Gasteiger partial charge is 0.207 e. The maximum atomic E-state index is 13.0. The fraction of sp³-hybridized carbons (Fsp3) is 0.600. The van der Waals surface area contributed by atoms with Crippen LogP contribution >= 0.6 is 23.2 Å². The third-order valence-corrected chi connectivity index (χ3v) is 7.10. The summed E-state index contributed by atoms with van der Waals surface area (Å²) in [5.74, 6) is 0.612. The van der Waals surface area contributed by atoms with Crippen LogP contribution in [0, 0.1) is 12.8 Å². The second kappa shape index (κ2) is 6.45. The number of nitrogens with zero attached hydrogens (tertiary/aromatic N) is 1. The molecule has 2 rings (SSSR count). The third-order valence-electron chi connectivity index (χ3n) is 4.48. The molecule has 0 spiro atoms. The zero-order valence-corrected chi connectivity index (χ0v) is 14.9. The molecule has 118 valence electrons. The first-order valence-electron chi connectivity index (χ1n) is 7.16. The molecule has 1 aromatic carbocycles. The molecule has 21 heavy (non-hydrogen) atoms. The second-order valence-electron chi connectivity index (χ2n) is 5.80.